The Labute approximate surface area is 197 Å². The topological polar surface area (TPSA) is 71.8 Å². The molecule has 1 N–H and O–H groups in total. The average molecular weight is 446 g/mol. The summed E-state index contributed by atoms with van der Waals surface area (Å²) in [5.41, 5.74) is 6.03. The van der Waals surface area contributed by atoms with Crippen molar-refractivity contribution in [3.8, 4) is 5.75 Å². The van der Waals surface area contributed by atoms with Gasteiger partial charge in [-0.05, 0) is 48.5 Å². The van der Waals surface area contributed by atoms with Crippen LogP contribution in [0.3, 0.4) is 0 Å². The summed E-state index contributed by atoms with van der Waals surface area (Å²) in [5.74, 6) is 3.10. The summed E-state index contributed by atoms with van der Waals surface area (Å²) in [6.07, 6.45) is 16.1. The van der Waals surface area contributed by atoms with Crippen molar-refractivity contribution in [3.63, 3.8) is 0 Å². The Balaban J connectivity index is 1.65. The first kappa shape index (κ1) is 23.1. The molecule has 3 aliphatic rings. The van der Waals surface area contributed by atoms with Gasteiger partial charge in [0.25, 0.3) is 0 Å². The molecule has 0 bridgehead atoms. The highest BCUT2D eigenvalue weighted by molar-refractivity contribution is 6.07. The Bertz CT molecular complexity index is 1040. The van der Waals surface area contributed by atoms with Crippen molar-refractivity contribution in [3.05, 3.63) is 64.9 Å². The van der Waals surface area contributed by atoms with E-state index >= 15 is 0 Å². The van der Waals surface area contributed by atoms with Crippen molar-refractivity contribution >= 4 is 12.1 Å². The van der Waals surface area contributed by atoms with Gasteiger partial charge in [-0.25, -0.2) is 15.0 Å². The smallest absolute Gasteiger partial charge is 0.192 e. The number of fused-ring (bicyclic) bond motifs is 2. The molecule has 2 aliphatic heterocycles. The number of hydrogen-bond donors (Lipinski definition) is 1. The molecule has 6 heteroatoms. The highest BCUT2D eigenvalue weighted by Gasteiger charge is 2.41. The highest BCUT2D eigenvalue weighted by atomic mass is 16.5. The molecule has 0 radical (unpaired) electrons. The second kappa shape index (κ2) is 10.3. The van der Waals surface area contributed by atoms with Crippen LogP contribution in [0, 0.1) is 18.8 Å². The van der Waals surface area contributed by atoms with Crippen molar-refractivity contribution < 1.29 is 4.74 Å². The van der Waals surface area contributed by atoms with Gasteiger partial charge in [-0.15, -0.1) is 0 Å². The van der Waals surface area contributed by atoms with Crippen LogP contribution >= 0.6 is 0 Å². The number of nitrogens with zero attached hydrogens (tertiary/aromatic N) is 4. The highest BCUT2D eigenvalue weighted by Crippen LogP contribution is 2.48. The lowest BCUT2D eigenvalue weighted by molar-refractivity contribution is 0.194. The molecule has 0 aromatic carbocycles. The first-order chi connectivity index (χ1) is 16.0. The lowest BCUT2D eigenvalue weighted by atomic mass is 9.84. The normalized spacial score (nSPS) is 24.4. The zero-order chi connectivity index (χ0) is 23.4. The number of aryl methyl sites for hydroxylation is 1. The predicted molar refractivity (Wildman–Crippen MR) is 135 cm³/mol. The van der Waals surface area contributed by atoms with E-state index in [0.717, 1.165) is 48.1 Å². The van der Waals surface area contributed by atoms with Gasteiger partial charge in [0, 0.05) is 36.9 Å². The molecular formula is C27H35N5O. The molecule has 0 fully saturated rings. The number of hydrogen-bond acceptors (Lipinski definition) is 5. The summed E-state index contributed by atoms with van der Waals surface area (Å²) in [6.45, 7) is 10.9. The molecule has 0 spiro atoms. The van der Waals surface area contributed by atoms with E-state index < -0.39 is 0 Å². The molecular weight excluding hydrogens is 410 g/mol. The maximum absolute atomic E-state index is 6.27. The van der Waals surface area contributed by atoms with E-state index in [4.69, 9.17) is 4.74 Å². The second-order valence-corrected chi connectivity index (χ2v) is 8.99. The van der Waals surface area contributed by atoms with Gasteiger partial charge in [0.1, 0.15) is 11.7 Å². The summed E-state index contributed by atoms with van der Waals surface area (Å²) < 4.78 is 6.27. The minimum atomic E-state index is -0.341. The fourth-order valence-corrected chi connectivity index (χ4v) is 5.01. The van der Waals surface area contributed by atoms with Crippen LogP contribution in [0.25, 0.3) is 0 Å². The van der Waals surface area contributed by atoms with Crippen molar-refractivity contribution in [1.29, 1.82) is 0 Å². The molecule has 33 heavy (non-hydrogen) atoms. The van der Waals surface area contributed by atoms with Gasteiger partial charge >= 0.3 is 0 Å². The van der Waals surface area contributed by atoms with Crippen LogP contribution < -0.4 is 10.1 Å². The van der Waals surface area contributed by atoms with Crippen LogP contribution in [0.1, 0.15) is 58.2 Å². The standard InChI is InChI=1S/C27H35N5O/c1-6-9-19(7-2)10-8-11-24-25-21-12-13-29-26(28-5)23(21)14-22(25)17(3)27(32-24)33-20-15-30-18(4)31-16-20/h8,11,13,15-16,19,22,27,32H,3,6-7,9-10,12,14H2,1-2,4-5H3. The van der Waals surface area contributed by atoms with Gasteiger partial charge in [-0.2, -0.15) is 0 Å². The third kappa shape index (κ3) is 4.85. The zero-order valence-electron chi connectivity index (χ0n) is 20.3. The maximum Gasteiger partial charge on any atom is 0.192 e. The molecule has 1 aromatic rings. The van der Waals surface area contributed by atoms with Crippen molar-refractivity contribution in [2.45, 2.75) is 65.5 Å². The fourth-order valence-electron chi connectivity index (χ4n) is 5.01. The average Bonchev–Trinajstić information content (AvgIpc) is 3.23. The lowest BCUT2D eigenvalue weighted by Gasteiger charge is -2.34. The number of dihydropyridines is 1. The third-order valence-electron chi connectivity index (χ3n) is 6.84. The first-order valence-corrected chi connectivity index (χ1v) is 12.1. The lowest BCUT2D eigenvalue weighted by Crippen LogP contribution is -2.42. The molecule has 174 valence electrons. The molecule has 4 rings (SSSR count). The zero-order valence-corrected chi connectivity index (χ0v) is 20.3. The van der Waals surface area contributed by atoms with E-state index in [1.807, 2.05) is 20.2 Å². The summed E-state index contributed by atoms with van der Waals surface area (Å²) in [5, 5.41) is 3.62. The van der Waals surface area contributed by atoms with Gasteiger partial charge in [-0.1, -0.05) is 45.8 Å². The fraction of sp³-hybridized carbons (Fsp3) is 0.481. The molecule has 3 heterocycles. The van der Waals surface area contributed by atoms with Crippen LogP contribution in [0.4, 0.5) is 0 Å². The molecule has 1 aliphatic carbocycles. The molecule has 3 unspecified atom stereocenters. The minimum Gasteiger partial charge on any atom is -0.464 e. The second-order valence-electron chi connectivity index (χ2n) is 8.99. The van der Waals surface area contributed by atoms with E-state index in [2.05, 4.69) is 57.8 Å². The van der Waals surface area contributed by atoms with Crippen molar-refractivity contribution in [1.82, 2.24) is 15.3 Å². The number of nitrogens with one attached hydrogen (secondary N) is 1. The van der Waals surface area contributed by atoms with E-state index in [1.54, 1.807) is 12.4 Å². The number of allylic oxidation sites excluding steroid dienone is 4. The quantitative estimate of drug-likeness (QED) is 0.537. The molecule has 3 atom stereocenters. The number of amidine groups is 1. The summed E-state index contributed by atoms with van der Waals surface area (Å²) in [6, 6.07) is 0. The molecule has 0 amide bonds. The monoisotopic (exact) mass is 445 g/mol. The Morgan fingerprint density at radius 1 is 1.27 bits per heavy atom. The van der Waals surface area contributed by atoms with Crippen molar-refractivity contribution in [2.24, 2.45) is 21.8 Å². The van der Waals surface area contributed by atoms with E-state index in [1.165, 1.54) is 36.0 Å². The van der Waals surface area contributed by atoms with Gasteiger partial charge in [-0.3, -0.25) is 4.99 Å². The number of aliphatic imine (C=N–C) groups is 2. The first-order valence-electron chi connectivity index (χ1n) is 12.1. The molecule has 0 saturated carbocycles. The Kier molecular flexibility index (Phi) is 7.21. The minimum absolute atomic E-state index is 0.184. The van der Waals surface area contributed by atoms with Crippen LogP contribution in [0.5, 0.6) is 5.75 Å². The van der Waals surface area contributed by atoms with E-state index in [9.17, 15) is 0 Å². The summed E-state index contributed by atoms with van der Waals surface area (Å²) in [7, 11) is 1.81. The summed E-state index contributed by atoms with van der Waals surface area (Å²) in [4.78, 5) is 17.5. The van der Waals surface area contributed by atoms with Gasteiger partial charge in [0.15, 0.2) is 12.0 Å². The number of rotatable bonds is 8. The number of aromatic nitrogens is 2. The molecule has 1 aromatic heterocycles. The number of ether oxygens (including phenoxy) is 1. The predicted octanol–water partition coefficient (Wildman–Crippen LogP) is 5.50. The summed E-state index contributed by atoms with van der Waals surface area (Å²) >= 11 is 0. The molecule has 0 saturated heterocycles. The van der Waals surface area contributed by atoms with Crippen LogP contribution in [-0.4, -0.2) is 35.3 Å². The third-order valence-corrected chi connectivity index (χ3v) is 6.84. The van der Waals surface area contributed by atoms with Crippen LogP contribution in [0.15, 0.2) is 69.1 Å². The SMILES string of the molecule is C=C1C(Oc2cnc(C)nc2)NC(C=CCC(CC)CCC)=C2C3=C(CC12)C(=NC)N=CC3. The van der Waals surface area contributed by atoms with E-state index in [-0.39, 0.29) is 12.1 Å². The Hall–Kier alpha value is -3.02. The maximum atomic E-state index is 6.27. The molecule has 6 nitrogen and oxygen atoms in total. The largest absolute Gasteiger partial charge is 0.464 e. The van der Waals surface area contributed by atoms with Gasteiger partial charge < -0.3 is 10.1 Å². The van der Waals surface area contributed by atoms with E-state index in [0.29, 0.717) is 5.75 Å². The van der Waals surface area contributed by atoms with Crippen LogP contribution in [0.2, 0.25) is 0 Å². The Morgan fingerprint density at radius 3 is 2.76 bits per heavy atom. The van der Waals surface area contributed by atoms with Gasteiger partial charge in [0.05, 0.1) is 12.4 Å². The van der Waals surface area contributed by atoms with Gasteiger partial charge in [0.2, 0.25) is 0 Å². The van der Waals surface area contributed by atoms with Crippen molar-refractivity contribution in [2.75, 3.05) is 7.05 Å². The Morgan fingerprint density at radius 2 is 2.06 bits per heavy atom. The van der Waals surface area contributed by atoms with Crippen LogP contribution in [-0.2, 0) is 0 Å².